The number of unbranched alkanes of at least 4 members (excludes halogenated alkanes) is 2. The van der Waals surface area contributed by atoms with Crippen LogP contribution in [0.15, 0.2) is 79.5 Å². The van der Waals surface area contributed by atoms with Crippen LogP contribution in [0.5, 0.6) is 0 Å². The number of allylic oxidation sites excluding steroid dienone is 1. The van der Waals surface area contributed by atoms with Crippen molar-refractivity contribution in [3.8, 4) is 22.4 Å². The van der Waals surface area contributed by atoms with Gasteiger partial charge in [0.15, 0.2) is 0 Å². The minimum atomic E-state index is -0.682. The Kier molecular flexibility index (Phi) is 7.75. The number of benzene rings is 2. The standard InChI is InChI=1S/C27H30FN/c1-3-7-22-10-13-24(14-11-22)25-15-17-26(18-16-25)27-19-12-23(20-29-27)9-6-4-5-8-21(2)28/h3,10-21H,1,4-9H2,2H3. The number of aryl methyl sites for hydroxylation is 1. The van der Waals surface area contributed by atoms with Gasteiger partial charge in [-0.1, -0.05) is 73.5 Å². The molecule has 3 aromatic rings. The van der Waals surface area contributed by atoms with Crippen LogP contribution in [-0.2, 0) is 12.8 Å². The van der Waals surface area contributed by atoms with Gasteiger partial charge in [0, 0.05) is 11.8 Å². The van der Waals surface area contributed by atoms with Crippen molar-refractivity contribution in [3.05, 3.63) is 90.6 Å². The maximum absolute atomic E-state index is 12.8. The molecule has 150 valence electrons. The van der Waals surface area contributed by atoms with Gasteiger partial charge < -0.3 is 0 Å². The van der Waals surface area contributed by atoms with Crippen molar-refractivity contribution < 1.29 is 4.39 Å². The molecule has 1 nitrogen and oxygen atoms in total. The van der Waals surface area contributed by atoms with E-state index < -0.39 is 6.17 Å². The van der Waals surface area contributed by atoms with Crippen LogP contribution in [0.4, 0.5) is 4.39 Å². The number of alkyl halides is 1. The fourth-order valence-corrected chi connectivity index (χ4v) is 3.51. The average molecular weight is 388 g/mol. The third kappa shape index (κ3) is 6.39. The third-order valence-corrected chi connectivity index (χ3v) is 5.24. The molecule has 0 saturated heterocycles. The summed E-state index contributed by atoms with van der Waals surface area (Å²) in [6.07, 6.45) is 8.93. The number of nitrogens with zero attached hydrogens (tertiary/aromatic N) is 1. The van der Waals surface area contributed by atoms with Crippen molar-refractivity contribution in [3.63, 3.8) is 0 Å². The summed E-state index contributed by atoms with van der Waals surface area (Å²) < 4.78 is 12.8. The van der Waals surface area contributed by atoms with Gasteiger partial charge in [-0.3, -0.25) is 4.98 Å². The molecule has 0 saturated carbocycles. The van der Waals surface area contributed by atoms with E-state index in [4.69, 9.17) is 0 Å². The first kappa shape index (κ1) is 21.0. The minimum absolute atomic E-state index is 0.673. The third-order valence-electron chi connectivity index (χ3n) is 5.24. The van der Waals surface area contributed by atoms with Crippen molar-refractivity contribution in [2.75, 3.05) is 0 Å². The monoisotopic (exact) mass is 387 g/mol. The molecule has 0 aliphatic rings. The molecule has 1 unspecified atom stereocenters. The second-order valence-electron chi connectivity index (χ2n) is 7.70. The SMILES string of the molecule is C=CCc1ccc(-c2ccc(-c3ccc(CCCCCC(C)F)cn3)cc2)cc1. The first-order valence-electron chi connectivity index (χ1n) is 10.6. The normalized spacial score (nSPS) is 11.9. The Morgan fingerprint density at radius 3 is 2.03 bits per heavy atom. The van der Waals surface area contributed by atoms with E-state index in [0.717, 1.165) is 43.4 Å². The highest BCUT2D eigenvalue weighted by Crippen LogP contribution is 2.24. The maximum atomic E-state index is 12.8. The van der Waals surface area contributed by atoms with E-state index in [2.05, 4.69) is 72.2 Å². The van der Waals surface area contributed by atoms with Gasteiger partial charge in [-0.2, -0.15) is 0 Å². The van der Waals surface area contributed by atoms with Crippen LogP contribution in [0.3, 0.4) is 0 Å². The predicted molar refractivity (Wildman–Crippen MR) is 122 cm³/mol. The van der Waals surface area contributed by atoms with Crippen molar-refractivity contribution in [2.45, 2.75) is 51.6 Å². The fraction of sp³-hybridized carbons (Fsp3) is 0.296. The second kappa shape index (κ2) is 10.7. The number of halogens is 1. The zero-order valence-electron chi connectivity index (χ0n) is 17.3. The highest BCUT2D eigenvalue weighted by molar-refractivity contribution is 5.69. The van der Waals surface area contributed by atoms with Crippen molar-refractivity contribution in [1.29, 1.82) is 0 Å². The van der Waals surface area contributed by atoms with E-state index in [9.17, 15) is 4.39 Å². The van der Waals surface area contributed by atoms with Crippen LogP contribution in [0.1, 0.15) is 43.7 Å². The van der Waals surface area contributed by atoms with Crippen molar-refractivity contribution >= 4 is 0 Å². The van der Waals surface area contributed by atoms with Gasteiger partial charge >= 0.3 is 0 Å². The highest BCUT2D eigenvalue weighted by atomic mass is 19.1. The summed E-state index contributed by atoms with van der Waals surface area (Å²) in [6.45, 7) is 5.42. The largest absolute Gasteiger partial charge is 0.256 e. The van der Waals surface area contributed by atoms with Crippen LogP contribution >= 0.6 is 0 Å². The molecular formula is C27H30FN. The fourth-order valence-electron chi connectivity index (χ4n) is 3.51. The van der Waals surface area contributed by atoms with E-state index in [1.54, 1.807) is 6.92 Å². The van der Waals surface area contributed by atoms with E-state index >= 15 is 0 Å². The Hall–Kier alpha value is -2.74. The molecule has 29 heavy (non-hydrogen) atoms. The smallest absolute Gasteiger partial charge is 0.0973 e. The second-order valence-corrected chi connectivity index (χ2v) is 7.70. The minimum Gasteiger partial charge on any atom is -0.256 e. The summed E-state index contributed by atoms with van der Waals surface area (Å²) in [5, 5.41) is 0. The quantitative estimate of drug-likeness (QED) is 0.258. The lowest BCUT2D eigenvalue weighted by Crippen LogP contribution is -1.93. The molecule has 2 heteroatoms. The van der Waals surface area contributed by atoms with Gasteiger partial charge in [-0.25, -0.2) is 4.39 Å². The summed E-state index contributed by atoms with van der Waals surface area (Å²) in [4.78, 5) is 4.64. The summed E-state index contributed by atoms with van der Waals surface area (Å²) in [5.41, 5.74) is 7.07. The van der Waals surface area contributed by atoms with Gasteiger partial charge in [-0.15, -0.1) is 6.58 Å². The molecule has 3 rings (SSSR count). The van der Waals surface area contributed by atoms with E-state index in [-0.39, 0.29) is 0 Å². The molecule has 1 atom stereocenters. The molecule has 1 aromatic heterocycles. The van der Waals surface area contributed by atoms with Gasteiger partial charge in [-0.05, 0) is 60.9 Å². The molecule has 0 spiro atoms. The van der Waals surface area contributed by atoms with E-state index in [1.165, 1.54) is 22.3 Å². The average Bonchev–Trinajstić information content (AvgIpc) is 2.75. The molecule has 0 N–H and O–H groups in total. The number of rotatable bonds is 10. The Labute approximate surface area is 174 Å². The summed E-state index contributed by atoms with van der Waals surface area (Å²) >= 11 is 0. The number of pyridine rings is 1. The summed E-state index contributed by atoms with van der Waals surface area (Å²) in [5.74, 6) is 0. The zero-order valence-corrected chi connectivity index (χ0v) is 17.3. The lowest BCUT2D eigenvalue weighted by atomic mass is 10.0. The number of hydrogen-bond donors (Lipinski definition) is 0. The Morgan fingerprint density at radius 1 is 0.828 bits per heavy atom. The summed E-state index contributed by atoms with van der Waals surface area (Å²) in [6, 6.07) is 21.5. The number of aromatic nitrogens is 1. The molecule has 0 fully saturated rings. The maximum Gasteiger partial charge on any atom is 0.0973 e. The molecular weight excluding hydrogens is 357 g/mol. The van der Waals surface area contributed by atoms with Crippen LogP contribution in [-0.4, -0.2) is 11.2 Å². The van der Waals surface area contributed by atoms with E-state index in [0.29, 0.717) is 6.42 Å². The van der Waals surface area contributed by atoms with Gasteiger partial charge in [0.1, 0.15) is 0 Å². The van der Waals surface area contributed by atoms with Crippen LogP contribution in [0.25, 0.3) is 22.4 Å². The van der Waals surface area contributed by atoms with Crippen molar-refractivity contribution in [2.24, 2.45) is 0 Å². The molecule has 1 heterocycles. The molecule has 0 aliphatic carbocycles. The Morgan fingerprint density at radius 2 is 1.45 bits per heavy atom. The Balaban J connectivity index is 1.57. The van der Waals surface area contributed by atoms with Gasteiger partial charge in [0.2, 0.25) is 0 Å². The summed E-state index contributed by atoms with van der Waals surface area (Å²) in [7, 11) is 0. The van der Waals surface area contributed by atoms with Gasteiger partial charge in [0.05, 0.1) is 11.9 Å². The molecule has 2 aromatic carbocycles. The lowest BCUT2D eigenvalue weighted by molar-refractivity contribution is 0.330. The molecule has 0 amide bonds. The topological polar surface area (TPSA) is 12.9 Å². The zero-order chi connectivity index (χ0) is 20.5. The van der Waals surface area contributed by atoms with Crippen molar-refractivity contribution in [1.82, 2.24) is 4.98 Å². The number of hydrogen-bond acceptors (Lipinski definition) is 1. The first-order chi connectivity index (χ1) is 14.2. The van der Waals surface area contributed by atoms with Crippen LogP contribution in [0, 0.1) is 0 Å². The van der Waals surface area contributed by atoms with Crippen LogP contribution < -0.4 is 0 Å². The van der Waals surface area contributed by atoms with Gasteiger partial charge in [0.25, 0.3) is 0 Å². The Bertz CT molecular complexity index is 877. The molecule has 0 radical (unpaired) electrons. The highest BCUT2D eigenvalue weighted by Gasteiger charge is 2.03. The molecule has 0 aliphatic heterocycles. The lowest BCUT2D eigenvalue weighted by Gasteiger charge is -2.07. The molecule has 0 bridgehead atoms. The predicted octanol–water partition coefficient (Wildman–Crippen LogP) is 7.61. The van der Waals surface area contributed by atoms with E-state index in [1.807, 2.05) is 12.3 Å². The van der Waals surface area contributed by atoms with Crippen LogP contribution in [0.2, 0.25) is 0 Å². The first-order valence-corrected chi connectivity index (χ1v) is 10.6.